The Bertz CT molecular complexity index is 820. The monoisotopic (exact) mass is 446 g/mol. The highest BCUT2D eigenvalue weighted by Crippen LogP contribution is 2.28. The van der Waals surface area contributed by atoms with Gasteiger partial charge in [0.15, 0.2) is 23.0 Å². The first-order valence-electron chi connectivity index (χ1n) is 10.3. The highest BCUT2D eigenvalue weighted by molar-refractivity contribution is 5.90. The molecule has 8 nitrogen and oxygen atoms in total. The number of ether oxygens (including phenoxy) is 6. The van der Waals surface area contributed by atoms with Gasteiger partial charge in [-0.3, -0.25) is 0 Å². The van der Waals surface area contributed by atoms with Gasteiger partial charge < -0.3 is 28.4 Å². The number of benzene rings is 2. The van der Waals surface area contributed by atoms with E-state index in [1.165, 1.54) is 28.4 Å². The van der Waals surface area contributed by atoms with Crippen LogP contribution in [-0.2, 0) is 9.47 Å². The maximum absolute atomic E-state index is 12.2. The molecule has 2 rings (SSSR count). The van der Waals surface area contributed by atoms with Gasteiger partial charge in [-0.2, -0.15) is 0 Å². The summed E-state index contributed by atoms with van der Waals surface area (Å²) >= 11 is 0. The van der Waals surface area contributed by atoms with Crippen LogP contribution in [0.1, 0.15) is 46.4 Å². The van der Waals surface area contributed by atoms with E-state index in [0.29, 0.717) is 47.3 Å². The molecule has 174 valence electrons. The second-order valence-electron chi connectivity index (χ2n) is 6.83. The fourth-order valence-corrected chi connectivity index (χ4v) is 2.98. The molecule has 0 fully saturated rings. The summed E-state index contributed by atoms with van der Waals surface area (Å²) in [4.78, 5) is 24.3. The first kappa shape index (κ1) is 24.8. The molecular formula is C24H30O8. The van der Waals surface area contributed by atoms with Gasteiger partial charge in [0.05, 0.1) is 52.8 Å². The first-order chi connectivity index (χ1) is 15.5. The molecule has 0 aliphatic heterocycles. The van der Waals surface area contributed by atoms with Crippen molar-refractivity contribution in [3.63, 3.8) is 0 Å². The van der Waals surface area contributed by atoms with Gasteiger partial charge in [0, 0.05) is 0 Å². The summed E-state index contributed by atoms with van der Waals surface area (Å²) in [6, 6.07) is 9.78. The van der Waals surface area contributed by atoms with Crippen LogP contribution < -0.4 is 18.9 Å². The van der Waals surface area contributed by atoms with E-state index in [2.05, 4.69) is 0 Å². The summed E-state index contributed by atoms with van der Waals surface area (Å²) in [5.41, 5.74) is 0.814. The van der Waals surface area contributed by atoms with Gasteiger partial charge in [-0.25, -0.2) is 9.59 Å². The molecule has 32 heavy (non-hydrogen) atoms. The van der Waals surface area contributed by atoms with Crippen LogP contribution in [-0.4, -0.2) is 53.6 Å². The maximum atomic E-state index is 12.2. The van der Waals surface area contributed by atoms with Crippen LogP contribution in [0.25, 0.3) is 0 Å². The van der Waals surface area contributed by atoms with Gasteiger partial charge in [0.2, 0.25) is 0 Å². The van der Waals surface area contributed by atoms with Crippen molar-refractivity contribution in [3.05, 3.63) is 47.5 Å². The summed E-state index contributed by atoms with van der Waals surface area (Å²) in [5, 5.41) is 0. The molecule has 0 bridgehead atoms. The smallest absolute Gasteiger partial charge is 0.338 e. The van der Waals surface area contributed by atoms with Gasteiger partial charge in [0.25, 0.3) is 0 Å². The summed E-state index contributed by atoms with van der Waals surface area (Å²) in [5.74, 6) is 1.24. The molecule has 0 atom stereocenters. The molecule has 0 unspecified atom stereocenters. The molecule has 0 amide bonds. The average Bonchev–Trinajstić information content (AvgIpc) is 2.84. The van der Waals surface area contributed by atoms with E-state index in [9.17, 15) is 9.59 Å². The molecule has 2 aromatic carbocycles. The van der Waals surface area contributed by atoms with Crippen molar-refractivity contribution >= 4 is 11.9 Å². The molecule has 0 heterocycles. The molecule has 2 aromatic rings. The first-order valence-corrected chi connectivity index (χ1v) is 10.3. The topological polar surface area (TPSA) is 89.5 Å². The molecular weight excluding hydrogens is 416 g/mol. The number of unbranched alkanes of at least 4 members (excludes halogenated alkanes) is 3. The number of esters is 2. The lowest BCUT2D eigenvalue weighted by atomic mass is 10.2. The van der Waals surface area contributed by atoms with Crippen molar-refractivity contribution in [2.75, 3.05) is 41.7 Å². The minimum atomic E-state index is -0.408. The molecule has 0 spiro atoms. The number of hydrogen-bond acceptors (Lipinski definition) is 8. The maximum Gasteiger partial charge on any atom is 0.338 e. The lowest BCUT2D eigenvalue weighted by molar-refractivity contribution is 0.0473. The molecule has 0 aliphatic carbocycles. The Kier molecular flexibility index (Phi) is 10.2. The molecule has 0 N–H and O–H groups in total. The highest BCUT2D eigenvalue weighted by atomic mass is 16.5. The summed E-state index contributed by atoms with van der Waals surface area (Å²) in [6.07, 6.45) is 3.16. The molecule has 0 aromatic heterocycles. The van der Waals surface area contributed by atoms with Crippen LogP contribution >= 0.6 is 0 Å². The van der Waals surface area contributed by atoms with Gasteiger partial charge >= 0.3 is 11.9 Å². The van der Waals surface area contributed by atoms with E-state index < -0.39 is 11.9 Å². The van der Waals surface area contributed by atoms with Crippen molar-refractivity contribution in [2.45, 2.75) is 25.7 Å². The SMILES string of the molecule is COc1ccc(C(=O)OCCCCCCOC(=O)c2ccc(OC)c(OC)c2)cc1OC. The Morgan fingerprint density at radius 3 is 1.28 bits per heavy atom. The van der Waals surface area contributed by atoms with Crippen LogP contribution in [0.4, 0.5) is 0 Å². The minimum Gasteiger partial charge on any atom is -0.493 e. The van der Waals surface area contributed by atoms with E-state index in [-0.39, 0.29) is 0 Å². The number of hydrogen-bond donors (Lipinski definition) is 0. The highest BCUT2D eigenvalue weighted by Gasteiger charge is 2.13. The number of rotatable bonds is 13. The van der Waals surface area contributed by atoms with Crippen molar-refractivity contribution < 1.29 is 38.0 Å². The van der Waals surface area contributed by atoms with E-state index in [4.69, 9.17) is 28.4 Å². The predicted octanol–water partition coefficient (Wildman–Crippen LogP) is 4.30. The molecule has 0 saturated heterocycles. The Balaban J connectivity index is 1.62. The van der Waals surface area contributed by atoms with E-state index >= 15 is 0 Å². The zero-order chi connectivity index (χ0) is 23.3. The van der Waals surface area contributed by atoms with Crippen LogP contribution in [0.2, 0.25) is 0 Å². The molecule has 0 saturated carbocycles. The van der Waals surface area contributed by atoms with Crippen molar-refractivity contribution in [1.29, 1.82) is 0 Å². The number of carbonyl (C=O) groups is 2. The van der Waals surface area contributed by atoms with Gasteiger partial charge in [-0.15, -0.1) is 0 Å². The van der Waals surface area contributed by atoms with Gasteiger partial charge in [0.1, 0.15) is 0 Å². The van der Waals surface area contributed by atoms with Crippen LogP contribution in [0, 0.1) is 0 Å². The summed E-state index contributed by atoms with van der Waals surface area (Å²) in [7, 11) is 6.09. The number of carbonyl (C=O) groups excluding carboxylic acids is 2. The standard InChI is InChI=1S/C24H30O8/c1-27-19-11-9-17(15-21(19)29-3)23(25)31-13-7-5-6-8-14-32-24(26)18-10-12-20(28-2)22(16-18)30-4/h9-12,15-16H,5-8,13-14H2,1-4H3. The predicted molar refractivity (Wildman–Crippen MR) is 118 cm³/mol. The summed E-state index contributed by atoms with van der Waals surface area (Å²) < 4.78 is 31.3. The third-order valence-electron chi connectivity index (χ3n) is 4.74. The molecule has 8 heteroatoms. The Hall–Kier alpha value is -3.42. The van der Waals surface area contributed by atoms with Gasteiger partial charge in [-0.05, 0) is 62.1 Å². The quantitative estimate of drug-likeness (QED) is 0.332. The average molecular weight is 446 g/mol. The van der Waals surface area contributed by atoms with E-state index in [1.807, 2.05) is 0 Å². The second kappa shape index (κ2) is 13.1. The second-order valence-corrected chi connectivity index (χ2v) is 6.83. The molecule has 0 aliphatic rings. The third-order valence-corrected chi connectivity index (χ3v) is 4.74. The lowest BCUT2D eigenvalue weighted by Crippen LogP contribution is -2.08. The third kappa shape index (κ3) is 7.08. The Morgan fingerprint density at radius 1 is 0.562 bits per heavy atom. The van der Waals surface area contributed by atoms with Crippen molar-refractivity contribution in [3.8, 4) is 23.0 Å². The lowest BCUT2D eigenvalue weighted by Gasteiger charge is -2.10. The van der Waals surface area contributed by atoms with Crippen LogP contribution in [0.15, 0.2) is 36.4 Å². The Morgan fingerprint density at radius 2 is 0.938 bits per heavy atom. The van der Waals surface area contributed by atoms with Crippen molar-refractivity contribution in [2.24, 2.45) is 0 Å². The number of methoxy groups -OCH3 is 4. The van der Waals surface area contributed by atoms with Gasteiger partial charge in [-0.1, -0.05) is 0 Å². The van der Waals surface area contributed by atoms with E-state index in [0.717, 1.165) is 25.7 Å². The fraction of sp³-hybridized carbons (Fsp3) is 0.417. The minimum absolute atomic E-state index is 0.318. The van der Waals surface area contributed by atoms with E-state index in [1.54, 1.807) is 36.4 Å². The largest absolute Gasteiger partial charge is 0.493 e. The fourth-order valence-electron chi connectivity index (χ4n) is 2.98. The van der Waals surface area contributed by atoms with Crippen LogP contribution in [0.5, 0.6) is 23.0 Å². The molecule has 0 radical (unpaired) electrons. The summed E-state index contributed by atoms with van der Waals surface area (Å²) in [6.45, 7) is 0.636. The van der Waals surface area contributed by atoms with Crippen molar-refractivity contribution in [1.82, 2.24) is 0 Å². The zero-order valence-corrected chi connectivity index (χ0v) is 19.0. The Labute approximate surface area is 188 Å². The van der Waals surface area contributed by atoms with Crippen LogP contribution in [0.3, 0.4) is 0 Å². The normalized spacial score (nSPS) is 10.2. The zero-order valence-electron chi connectivity index (χ0n) is 19.0.